The number of aromatic nitrogens is 4. The summed E-state index contributed by atoms with van der Waals surface area (Å²) in [6.45, 7) is 5.06. The van der Waals surface area contributed by atoms with E-state index in [9.17, 15) is 0 Å². The Hall–Kier alpha value is -3.53. The second-order valence-corrected chi connectivity index (χ2v) is 9.13. The molecule has 0 bridgehead atoms. The predicted molar refractivity (Wildman–Crippen MR) is 138 cm³/mol. The van der Waals surface area contributed by atoms with Crippen molar-refractivity contribution in [3.05, 3.63) is 54.5 Å². The van der Waals surface area contributed by atoms with Crippen molar-refractivity contribution in [2.45, 2.75) is 25.5 Å². The molecule has 186 valence electrons. The number of pyridine rings is 1. The largest absolute Gasteiger partial charge is 0.490 e. The van der Waals surface area contributed by atoms with Crippen LogP contribution in [0, 0.1) is 0 Å². The van der Waals surface area contributed by atoms with Crippen molar-refractivity contribution >= 4 is 16.9 Å². The lowest BCUT2D eigenvalue weighted by Gasteiger charge is -2.27. The average molecular weight is 487 g/mol. The fraction of sp³-hybridized carbons (Fsp3) is 0.370. The summed E-state index contributed by atoms with van der Waals surface area (Å²) >= 11 is 0. The van der Waals surface area contributed by atoms with Crippen LogP contribution < -0.4 is 15.4 Å². The lowest BCUT2D eigenvalue weighted by Crippen LogP contribution is -2.36. The van der Waals surface area contributed by atoms with Gasteiger partial charge in [-0.25, -0.2) is 15.0 Å². The standard InChI is InChI=1S/C27H30N6O3/c28-15-20-13-18(1-3-24(20)36-21-5-9-34-10-6-21)26-22-14-23(32-27(22)31-17-30-26)19-2-4-25(29-16-19)33-7-11-35-12-8-33/h1-4,13-14,16-17,21H,5-12,15,28H2,(H,30,31,32). The summed E-state index contributed by atoms with van der Waals surface area (Å²) in [4.78, 5) is 19.4. The molecule has 0 unspecified atom stereocenters. The third-order valence-corrected chi connectivity index (χ3v) is 6.84. The van der Waals surface area contributed by atoms with E-state index in [2.05, 4.69) is 49.1 Å². The van der Waals surface area contributed by atoms with Crippen LogP contribution in [0.2, 0.25) is 0 Å². The van der Waals surface area contributed by atoms with Gasteiger partial charge in [0.25, 0.3) is 0 Å². The molecule has 0 saturated carbocycles. The maximum absolute atomic E-state index is 6.25. The first-order valence-corrected chi connectivity index (χ1v) is 12.5. The number of anilines is 1. The van der Waals surface area contributed by atoms with Crippen LogP contribution in [-0.4, -0.2) is 65.6 Å². The van der Waals surface area contributed by atoms with Crippen molar-refractivity contribution in [1.82, 2.24) is 19.9 Å². The van der Waals surface area contributed by atoms with E-state index >= 15 is 0 Å². The number of morpholine rings is 1. The zero-order chi connectivity index (χ0) is 24.3. The van der Waals surface area contributed by atoms with Gasteiger partial charge in [0.05, 0.1) is 32.1 Å². The van der Waals surface area contributed by atoms with Crippen LogP contribution in [0.3, 0.4) is 0 Å². The third-order valence-electron chi connectivity index (χ3n) is 6.84. The number of nitrogens with zero attached hydrogens (tertiary/aromatic N) is 4. The number of aromatic amines is 1. The SMILES string of the molecule is NCc1cc(-c2ncnc3[nH]c(-c4ccc(N5CCOCC5)nc4)cc23)ccc1OC1CCOCC1. The minimum absolute atomic E-state index is 0.163. The molecule has 0 amide bonds. The molecule has 0 spiro atoms. The number of hydrogen-bond donors (Lipinski definition) is 2. The molecule has 0 aliphatic carbocycles. The van der Waals surface area contributed by atoms with E-state index in [0.29, 0.717) is 6.54 Å². The van der Waals surface area contributed by atoms with Gasteiger partial charge in [-0.1, -0.05) is 0 Å². The van der Waals surface area contributed by atoms with E-state index in [0.717, 1.165) is 103 Å². The number of nitrogens with two attached hydrogens (primary N) is 1. The Balaban J connectivity index is 1.28. The molecule has 3 aromatic heterocycles. The molecule has 2 aliphatic heterocycles. The van der Waals surface area contributed by atoms with Gasteiger partial charge in [-0.15, -0.1) is 0 Å². The monoisotopic (exact) mass is 486 g/mol. The van der Waals surface area contributed by atoms with Gasteiger partial charge < -0.3 is 29.8 Å². The molecule has 0 radical (unpaired) electrons. The first-order chi connectivity index (χ1) is 17.8. The number of H-pyrrole nitrogens is 1. The number of ether oxygens (including phenoxy) is 3. The average Bonchev–Trinajstić information content (AvgIpc) is 3.39. The number of nitrogens with one attached hydrogen (secondary N) is 1. The Morgan fingerprint density at radius 1 is 0.944 bits per heavy atom. The first kappa shape index (κ1) is 22.9. The molecule has 4 aromatic rings. The van der Waals surface area contributed by atoms with Crippen LogP contribution in [0.25, 0.3) is 33.5 Å². The van der Waals surface area contributed by atoms with E-state index < -0.39 is 0 Å². The Labute approximate surface area is 209 Å². The van der Waals surface area contributed by atoms with Crippen LogP contribution in [0.5, 0.6) is 5.75 Å². The van der Waals surface area contributed by atoms with Crippen LogP contribution in [0.15, 0.2) is 48.9 Å². The summed E-state index contributed by atoms with van der Waals surface area (Å²) in [6, 6.07) is 12.4. The summed E-state index contributed by atoms with van der Waals surface area (Å²) in [5.74, 6) is 1.80. The fourth-order valence-electron chi connectivity index (χ4n) is 4.82. The van der Waals surface area contributed by atoms with Gasteiger partial charge in [0, 0.05) is 66.4 Å². The summed E-state index contributed by atoms with van der Waals surface area (Å²) in [5, 5.41) is 0.950. The minimum atomic E-state index is 0.163. The highest BCUT2D eigenvalue weighted by atomic mass is 16.5. The Morgan fingerprint density at radius 3 is 2.53 bits per heavy atom. The van der Waals surface area contributed by atoms with Crippen molar-refractivity contribution in [2.24, 2.45) is 5.73 Å². The first-order valence-electron chi connectivity index (χ1n) is 12.5. The van der Waals surface area contributed by atoms with Gasteiger partial charge in [-0.05, 0) is 36.4 Å². The van der Waals surface area contributed by atoms with Crippen LogP contribution in [0.1, 0.15) is 18.4 Å². The number of benzene rings is 1. The van der Waals surface area contributed by atoms with Crippen molar-refractivity contribution in [3.63, 3.8) is 0 Å². The van der Waals surface area contributed by atoms with Gasteiger partial charge in [0.2, 0.25) is 0 Å². The second kappa shape index (κ2) is 10.2. The number of hydrogen-bond acceptors (Lipinski definition) is 8. The van der Waals surface area contributed by atoms with Crippen molar-refractivity contribution in [1.29, 1.82) is 0 Å². The quantitative estimate of drug-likeness (QED) is 0.426. The zero-order valence-corrected chi connectivity index (χ0v) is 20.2. The van der Waals surface area contributed by atoms with Crippen molar-refractivity contribution < 1.29 is 14.2 Å². The van der Waals surface area contributed by atoms with Gasteiger partial charge in [-0.2, -0.15) is 0 Å². The topological polar surface area (TPSA) is 111 Å². The highest BCUT2D eigenvalue weighted by Gasteiger charge is 2.18. The molecular formula is C27H30N6O3. The molecular weight excluding hydrogens is 456 g/mol. The Morgan fingerprint density at radius 2 is 1.75 bits per heavy atom. The summed E-state index contributed by atoms with van der Waals surface area (Å²) in [6.07, 6.45) is 5.44. The predicted octanol–water partition coefficient (Wildman–Crippen LogP) is 3.54. The summed E-state index contributed by atoms with van der Waals surface area (Å²) < 4.78 is 17.1. The van der Waals surface area contributed by atoms with E-state index in [1.807, 2.05) is 18.3 Å². The van der Waals surface area contributed by atoms with E-state index in [1.165, 1.54) is 0 Å². The molecule has 6 rings (SSSR count). The Kier molecular flexibility index (Phi) is 6.50. The molecule has 2 aliphatic rings. The number of fused-ring (bicyclic) bond motifs is 1. The molecule has 5 heterocycles. The Bertz CT molecular complexity index is 1330. The van der Waals surface area contributed by atoms with E-state index in [4.69, 9.17) is 19.9 Å². The highest BCUT2D eigenvalue weighted by molar-refractivity contribution is 5.94. The summed E-state index contributed by atoms with van der Waals surface area (Å²) in [7, 11) is 0. The number of rotatable bonds is 6. The molecule has 2 saturated heterocycles. The van der Waals surface area contributed by atoms with Crippen LogP contribution >= 0.6 is 0 Å². The molecule has 9 nitrogen and oxygen atoms in total. The maximum atomic E-state index is 6.25. The molecule has 36 heavy (non-hydrogen) atoms. The lowest BCUT2D eigenvalue weighted by atomic mass is 10.0. The normalized spacial score (nSPS) is 17.0. The minimum Gasteiger partial charge on any atom is -0.490 e. The molecule has 2 fully saturated rings. The zero-order valence-electron chi connectivity index (χ0n) is 20.2. The highest BCUT2D eigenvalue weighted by Crippen LogP contribution is 2.33. The lowest BCUT2D eigenvalue weighted by molar-refractivity contribution is 0.0252. The van der Waals surface area contributed by atoms with Gasteiger partial charge >= 0.3 is 0 Å². The van der Waals surface area contributed by atoms with Crippen molar-refractivity contribution in [3.8, 4) is 28.3 Å². The second-order valence-electron chi connectivity index (χ2n) is 9.13. The fourth-order valence-corrected chi connectivity index (χ4v) is 4.82. The molecule has 3 N–H and O–H groups in total. The van der Waals surface area contributed by atoms with Gasteiger partial charge in [0.1, 0.15) is 29.6 Å². The molecule has 0 atom stereocenters. The van der Waals surface area contributed by atoms with E-state index in [1.54, 1.807) is 6.33 Å². The van der Waals surface area contributed by atoms with Crippen molar-refractivity contribution in [2.75, 3.05) is 44.4 Å². The van der Waals surface area contributed by atoms with Gasteiger partial charge in [-0.3, -0.25) is 0 Å². The maximum Gasteiger partial charge on any atom is 0.141 e. The summed E-state index contributed by atoms with van der Waals surface area (Å²) in [5.41, 5.74) is 11.6. The third kappa shape index (κ3) is 4.65. The van der Waals surface area contributed by atoms with Crippen LogP contribution in [0.4, 0.5) is 5.82 Å². The van der Waals surface area contributed by atoms with Crippen LogP contribution in [-0.2, 0) is 16.0 Å². The molecule has 9 heteroatoms. The molecule has 1 aromatic carbocycles. The smallest absolute Gasteiger partial charge is 0.141 e. The van der Waals surface area contributed by atoms with Gasteiger partial charge in [0.15, 0.2) is 0 Å². The van der Waals surface area contributed by atoms with E-state index in [-0.39, 0.29) is 6.10 Å².